The number of benzene rings is 1. The summed E-state index contributed by atoms with van der Waals surface area (Å²) in [5, 5.41) is 10.5. The number of piperidine rings is 1. The summed E-state index contributed by atoms with van der Waals surface area (Å²) in [7, 11) is 3.13. The largest absolute Gasteiger partial charge is 0.449 e. The maximum absolute atomic E-state index is 14.1. The Balaban J connectivity index is 1.39. The van der Waals surface area contributed by atoms with Gasteiger partial charge >= 0.3 is 6.09 Å². The van der Waals surface area contributed by atoms with Gasteiger partial charge in [0.05, 0.1) is 19.2 Å². The molecule has 1 aliphatic heterocycles. The Morgan fingerprint density at radius 2 is 1.63 bits per heavy atom. The minimum atomic E-state index is -1.18. The van der Waals surface area contributed by atoms with Crippen molar-refractivity contribution in [3.8, 4) is 0 Å². The van der Waals surface area contributed by atoms with Crippen LogP contribution in [0.1, 0.15) is 83.7 Å². The van der Waals surface area contributed by atoms with Crippen LogP contribution in [0.3, 0.4) is 0 Å². The third-order valence-electron chi connectivity index (χ3n) is 9.88. The zero-order valence-corrected chi connectivity index (χ0v) is 30.4. The van der Waals surface area contributed by atoms with Gasteiger partial charge in [-0.1, -0.05) is 76.8 Å². The van der Waals surface area contributed by atoms with Gasteiger partial charge in [0, 0.05) is 20.6 Å². The zero-order chi connectivity index (χ0) is 37.2. The van der Waals surface area contributed by atoms with E-state index in [1.165, 1.54) is 9.80 Å². The second kappa shape index (κ2) is 18.1. The van der Waals surface area contributed by atoms with Gasteiger partial charge in [0.1, 0.15) is 18.1 Å². The van der Waals surface area contributed by atoms with Crippen molar-refractivity contribution in [2.75, 3.05) is 33.8 Å². The maximum atomic E-state index is 14.1. The summed E-state index contributed by atoms with van der Waals surface area (Å²) in [5.41, 5.74) is 0.557. The summed E-state index contributed by atoms with van der Waals surface area (Å²) >= 11 is 0. The molecule has 14 heteroatoms. The van der Waals surface area contributed by atoms with Crippen molar-refractivity contribution in [1.29, 1.82) is 0 Å². The molecule has 1 unspecified atom stereocenters. The lowest BCUT2D eigenvalue weighted by Gasteiger charge is -2.35. The van der Waals surface area contributed by atoms with Crippen molar-refractivity contribution in [1.82, 2.24) is 31.1 Å². The van der Waals surface area contributed by atoms with Crippen molar-refractivity contribution >= 4 is 41.4 Å². The molecule has 51 heavy (non-hydrogen) atoms. The second-order valence-corrected chi connectivity index (χ2v) is 14.6. The van der Waals surface area contributed by atoms with Crippen LogP contribution in [0.4, 0.5) is 4.79 Å². The predicted octanol–water partition coefficient (Wildman–Crippen LogP) is 2.08. The molecule has 280 valence electrons. The fourth-order valence-corrected chi connectivity index (χ4v) is 7.09. The summed E-state index contributed by atoms with van der Waals surface area (Å²) in [5.74, 6) is -3.76. The van der Waals surface area contributed by atoms with Gasteiger partial charge in [0.15, 0.2) is 0 Å². The Hall–Kier alpha value is -4.49. The first-order chi connectivity index (χ1) is 24.3. The molecule has 0 radical (unpaired) electrons. The molecule has 2 aliphatic carbocycles. The zero-order valence-electron chi connectivity index (χ0n) is 30.4. The highest BCUT2D eigenvalue weighted by molar-refractivity contribution is 6.38. The molecule has 4 N–H and O–H groups in total. The Labute approximate surface area is 300 Å². The van der Waals surface area contributed by atoms with E-state index in [9.17, 15) is 33.6 Å². The SMILES string of the molecule is CCC[C@@H](NC(=O)[C@@H]1[C@H]2C[C@H]2CN1C(=O)[C@@H](NC(=O)OCC(C)C)C1CCCCC1)C(=O)C(=O)NCC(=O)NC(C(=O)N(C)C)c1ccccc1. The van der Waals surface area contributed by atoms with Gasteiger partial charge in [-0.3, -0.25) is 28.8 Å². The molecule has 0 spiro atoms. The van der Waals surface area contributed by atoms with E-state index in [1.807, 2.05) is 20.8 Å². The molecule has 2 saturated carbocycles. The van der Waals surface area contributed by atoms with Crippen molar-refractivity contribution in [3.63, 3.8) is 0 Å². The number of ether oxygens (including phenoxy) is 1. The van der Waals surface area contributed by atoms with Crippen LogP contribution in [-0.2, 0) is 33.5 Å². The maximum Gasteiger partial charge on any atom is 0.407 e. The molecule has 1 aromatic rings. The summed E-state index contributed by atoms with van der Waals surface area (Å²) in [4.78, 5) is 95.5. The first-order valence-corrected chi connectivity index (χ1v) is 18.2. The molecule has 1 heterocycles. The lowest BCUT2D eigenvalue weighted by molar-refractivity contribution is -0.144. The number of rotatable bonds is 16. The van der Waals surface area contributed by atoms with Crippen molar-refractivity contribution in [2.45, 2.75) is 96.3 Å². The lowest BCUT2D eigenvalue weighted by atomic mass is 9.83. The number of amides is 6. The van der Waals surface area contributed by atoms with Crippen molar-refractivity contribution < 1.29 is 38.3 Å². The van der Waals surface area contributed by atoms with E-state index in [0.717, 1.165) is 38.5 Å². The third kappa shape index (κ3) is 10.5. The lowest BCUT2D eigenvalue weighted by Crippen LogP contribution is -2.59. The van der Waals surface area contributed by atoms with Crippen LogP contribution < -0.4 is 21.3 Å². The smallest absolute Gasteiger partial charge is 0.407 e. The molecule has 1 aromatic carbocycles. The summed E-state index contributed by atoms with van der Waals surface area (Å²) in [6.07, 6.45) is 5.24. The molecular formula is C37H54N6O8. The topological polar surface area (TPSA) is 183 Å². The highest BCUT2D eigenvalue weighted by Gasteiger charge is 2.58. The van der Waals surface area contributed by atoms with E-state index >= 15 is 0 Å². The fraction of sp³-hybridized carbons (Fsp3) is 0.649. The number of hydrogen-bond donors (Lipinski definition) is 4. The van der Waals surface area contributed by atoms with Crippen LogP contribution in [-0.4, -0.2) is 103 Å². The molecular weight excluding hydrogens is 656 g/mol. The van der Waals surface area contributed by atoms with E-state index in [4.69, 9.17) is 4.74 Å². The van der Waals surface area contributed by atoms with Crippen LogP contribution in [0.5, 0.6) is 0 Å². The molecule has 4 rings (SSSR count). The molecule has 1 saturated heterocycles. The van der Waals surface area contributed by atoms with Crippen LogP contribution in [0, 0.1) is 23.7 Å². The number of carbonyl (C=O) groups is 7. The van der Waals surface area contributed by atoms with E-state index < -0.39 is 60.3 Å². The van der Waals surface area contributed by atoms with Crippen LogP contribution in [0.2, 0.25) is 0 Å². The summed E-state index contributed by atoms with van der Waals surface area (Å²) < 4.78 is 5.35. The van der Waals surface area contributed by atoms with Gasteiger partial charge in [0.2, 0.25) is 29.4 Å². The summed E-state index contributed by atoms with van der Waals surface area (Å²) in [6, 6.07) is 4.81. The number of alkyl carbamates (subject to hydrolysis) is 1. The number of ketones is 1. The van der Waals surface area contributed by atoms with E-state index in [-0.39, 0.29) is 48.5 Å². The second-order valence-electron chi connectivity index (χ2n) is 14.6. The number of nitrogens with zero attached hydrogens (tertiary/aromatic N) is 2. The number of likely N-dealkylation sites (N-methyl/N-ethyl adjacent to an activating group) is 1. The highest BCUT2D eigenvalue weighted by Crippen LogP contribution is 2.50. The minimum absolute atomic E-state index is 0.0776. The monoisotopic (exact) mass is 710 g/mol. The van der Waals surface area contributed by atoms with Gasteiger partial charge in [-0.2, -0.15) is 0 Å². The quantitative estimate of drug-likeness (QED) is 0.188. The fourth-order valence-electron chi connectivity index (χ4n) is 7.09. The first kappa shape index (κ1) is 39.3. The standard InChI is InChI=1S/C37H54N6O8/c1-6-13-27(32(45)34(47)38-19-28(44)40-29(35(48)42(4)5)23-14-9-7-10-15-23)39-33(46)31-26-18-25(26)20-43(31)36(49)30(24-16-11-8-12-17-24)41-37(50)51-21-22(2)3/h7,9-10,14-15,22,24-27,29-31H,6,8,11-13,16-21H2,1-5H3,(H,38,47)(H,39,46)(H,40,44)(H,41,50)/t25-,26-,27+,29?,30-,31-/m0/s1. The molecule has 3 fully saturated rings. The Morgan fingerprint density at radius 3 is 2.25 bits per heavy atom. The van der Waals surface area contributed by atoms with Gasteiger partial charge in [-0.05, 0) is 54.9 Å². The van der Waals surface area contributed by atoms with Crippen LogP contribution in [0.15, 0.2) is 30.3 Å². The number of carbonyl (C=O) groups excluding carboxylic acids is 7. The number of nitrogens with one attached hydrogen (secondary N) is 4. The number of fused-ring (bicyclic) bond motifs is 1. The average Bonchev–Trinajstić information content (AvgIpc) is 3.78. The number of hydrogen-bond acceptors (Lipinski definition) is 8. The van der Waals surface area contributed by atoms with Crippen LogP contribution in [0.25, 0.3) is 0 Å². The Bertz CT molecular complexity index is 1430. The van der Waals surface area contributed by atoms with Gasteiger partial charge in [-0.25, -0.2) is 4.79 Å². The van der Waals surface area contributed by atoms with E-state index in [1.54, 1.807) is 44.4 Å². The minimum Gasteiger partial charge on any atom is -0.449 e. The predicted molar refractivity (Wildman–Crippen MR) is 188 cm³/mol. The van der Waals surface area contributed by atoms with E-state index in [0.29, 0.717) is 18.5 Å². The molecule has 3 aliphatic rings. The molecule has 14 nitrogen and oxygen atoms in total. The third-order valence-corrected chi connectivity index (χ3v) is 9.88. The van der Waals surface area contributed by atoms with Gasteiger partial charge in [0.25, 0.3) is 5.91 Å². The summed E-state index contributed by atoms with van der Waals surface area (Å²) in [6.45, 7) is 5.68. The Morgan fingerprint density at radius 1 is 0.941 bits per heavy atom. The highest BCUT2D eigenvalue weighted by atomic mass is 16.5. The molecule has 6 amide bonds. The Kier molecular flexibility index (Phi) is 14.0. The number of likely N-dealkylation sites (tertiary alicyclic amines) is 1. The van der Waals surface area contributed by atoms with E-state index in [2.05, 4.69) is 21.3 Å². The normalized spacial score (nSPS) is 21.4. The van der Waals surface area contributed by atoms with Crippen LogP contribution >= 0.6 is 0 Å². The number of Topliss-reactive ketones (excluding diaryl/α,β-unsaturated/α-hetero) is 1. The first-order valence-electron chi connectivity index (χ1n) is 18.2. The van der Waals surface area contributed by atoms with Gasteiger partial charge in [-0.15, -0.1) is 0 Å². The molecule has 0 aromatic heterocycles. The average molecular weight is 711 g/mol. The molecule has 0 bridgehead atoms. The molecule has 6 atom stereocenters. The van der Waals surface area contributed by atoms with Crippen molar-refractivity contribution in [2.24, 2.45) is 23.7 Å². The van der Waals surface area contributed by atoms with Gasteiger partial charge < -0.3 is 35.8 Å². The van der Waals surface area contributed by atoms with Crippen molar-refractivity contribution in [3.05, 3.63) is 35.9 Å².